The Morgan fingerprint density at radius 3 is 2.62 bits per heavy atom. The molecule has 6 nitrogen and oxygen atoms in total. The number of hydrogen-bond donors (Lipinski definition) is 1. The van der Waals surface area contributed by atoms with Crippen molar-refractivity contribution in [2.24, 2.45) is 0 Å². The maximum Gasteiger partial charge on any atom is 0.227 e. The monoisotopic (exact) mass is 341 g/mol. The van der Waals surface area contributed by atoms with Gasteiger partial charge in [-0.15, -0.1) is 0 Å². The van der Waals surface area contributed by atoms with Crippen molar-refractivity contribution in [3.05, 3.63) is 28.8 Å². The fourth-order valence-electron chi connectivity index (χ4n) is 1.71. The lowest BCUT2D eigenvalue weighted by Gasteiger charge is -2.00. The summed E-state index contributed by atoms with van der Waals surface area (Å²) in [5, 5.41) is 1.11. The summed E-state index contributed by atoms with van der Waals surface area (Å²) < 4.78 is 5.45. The maximum atomic E-state index is 5.74. The first-order valence-corrected chi connectivity index (χ1v) is 7.59. The highest BCUT2D eigenvalue weighted by atomic mass is 35.5. The third kappa shape index (κ3) is 3.37. The lowest BCUT2D eigenvalue weighted by Crippen LogP contribution is -1.92. The van der Waals surface area contributed by atoms with E-state index in [1.165, 1.54) is 11.8 Å². The Kier molecular flexibility index (Phi) is 4.14. The molecule has 0 atom stereocenters. The summed E-state index contributed by atoms with van der Waals surface area (Å²) in [4.78, 5) is 19.3. The molecule has 3 rings (SSSR count). The highest BCUT2D eigenvalue weighted by Gasteiger charge is 2.10. The molecule has 2 heterocycles. The van der Waals surface area contributed by atoms with Gasteiger partial charge in [-0.2, -0.15) is 15.0 Å². The molecule has 21 heavy (non-hydrogen) atoms. The van der Waals surface area contributed by atoms with Gasteiger partial charge in [0.15, 0.2) is 5.16 Å². The zero-order valence-electron chi connectivity index (χ0n) is 10.8. The minimum absolute atomic E-state index is 0.0484. The third-order valence-corrected chi connectivity index (χ3v) is 3.58. The second-order valence-electron chi connectivity index (χ2n) is 3.91. The maximum absolute atomic E-state index is 5.74. The highest BCUT2D eigenvalue weighted by molar-refractivity contribution is 7.99. The average molecular weight is 342 g/mol. The van der Waals surface area contributed by atoms with E-state index < -0.39 is 0 Å². The smallest absolute Gasteiger partial charge is 0.227 e. The Labute approximate surface area is 134 Å². The number of fused-ring (bicyclic) bond motifs is 1. The van der Waals surface area contributed by atoms with Crippen LogP contribution in [0, 0.1) is 0 Å². The molecular weight excluding hydrogens is 333 g/mol. The molecule has 108 valence electrons. The standard InChI is InChI=1S/C12H9Cl2N5OS/c1-2-20-6-3-4-7-8(5-6)16-11(15-7)21-12-18-9(13)17-10(14)19-12/h3-5H,2H2,1H3,(H,15,16). The average Bonchev–Trinajstić information content (AvgIpc) is 2.79. The fourth-order valence-corrected chi connectivity index (χ4v) is 2.92. The number of aromatic amines is 1. The highest BCUT2D eigenvalue weighted by Crippen LogP contribution is 2.27. The van der Waals surface area contributed by atoms with Crippen LogP contribution in [0.1, 0.15) is 6.92 Å². The molecule has 0 saturated heterocycles. The normalized spacial score (nSPS) is 11.0. The quantitative estimate of drug-likeness (QED) is 0.781. The van der Waals surface area contributed by atoms with Crippen molar-refractivity contribution >= 4 is 46.0 Å². The molecular formula is C12H9Cl2N5OS. The first-order valence-electron chi connectivity index (χ1n) is 6.01. The van der Waals surface area contributed by atoms with Gasteiger partial charge in [-0.1, -0.05) is 0 Å². The fraction of sp³-hybridized carbons (Fsp3) is 0.167. The van der Waals surface area contributed by atoms with Crippen LogP contribution in [0.5, 0.6) is 5.75 Å². The molecule has 0 aliphatic rings. The topological polar surface area (TPSA) is 76.6 Å². The van der Waals surface area contributed by atoms with Crippen molar-refractivity contribution < 1.29 is 4.74 Å². The predicted molar refractivity (Wildman–Crippen MR) is 81.2 cm³/mol. The van der Waals surface area contributed by atoms with Gasteiger partial charge in [0, 0.05) is 6.07 Å². The van der Waals surface area contributed by atoms with Gasteiger partial charge in [0.1, 0.15) is 5.75 Å². The Balaban J connectivity index is 1.90. The summed E-state index contributed by atoms with van der Waals surface area (Å²) in [6, 6.07) is 5.65. The van der Waals surface area contributed by atoms with Crippen LogP contribution in [-0.4, -0.2) is 31.5 Å². The molecule has 0 unspecified atom stereocenters. The van der Waals surface area contributed by atoms with Crippen LogP contribution in [0.4, 0.5) is 0 Å². The number of hydrogen-bond acceptors (Lipinski definition) is 6. The third-order valence-electron chi connectivity index (χ3n) is 2.49. The van der Waals surface area contributed by atoms with Crippen LogP contribution in [0.2, 0.25) is 10.6 Å². The summed E-state index contributed by atoms with van der Waals surface area (Å²) in [5.74, 6) is 0.788. The minimum atomic E-state index is 0.0484. The molecule has 0 spiro atoms. The zero-order valence-corrected chi connectivity index (χ0v) is 13.1. The predicted octanol–water partition coefficient (Wildman–Crippen LogP) is 3.60. The molecule has 0 fully saturated rings. The van der Waals surface area contributed by atoms with E-state index in [1.54, 1.807) is 0 Å². The Hall–Kier alpha value is -1.57. The number of nitrogens with one attached hydrogen (secondary N) is 1. The molecule has 9 heteroatoms. The van der Waals surface area contributed by atoms with Crippen LogP contribution < -0.4 is 4.74 Å². The van der Waals surface area contributed by atoms with Crippen molar-refractivity contribution in [3.8, 4) is 5.75 Å². The van der Waals surface area contributed by atoms with E-state index in [1.807, 2.05) is 25.1 Å². The Bertz CT molecular complexity index is 774. The van der Waals surface area contributed by atoms with Gasteiger partial charge in [0.2, 0.25) is 15.7 Å². The molecule has 0 aliphatic heterocycles. The first kappa shape index (κ1) is 14.4. The van der Waals surface area contributed by atoms with E-state index in [-0.39, 0.29) is 10.6 Å². The molecule has 0 bridgehead atoms. The van der Waals surface area contributed by atoms with Gasteiger partial charge >= 0.3 is 0 Å². The molecule has 3 aromatic rings. The number of benzene rings is 1. The molecule has 2 aromatic heterocycles. The summed E-state index contributed by atoms with van der Waals surface area (Å²) in [6.07, 6.45) is 0. The largest absolute Gasteiger partial charge is 0.494 e. The van der Waals surface area contributed by atoms with Gasteiger partial charge in [-0.25, -0.2) is 4.98 Å². The van der Waals surface area contributed by atoms with E-state index in [2.05, 4.69) is 24.9 Å². The van der Waals surface area contributed by atoms with E-state index in [0.717, 1.165) is 16.8 Å². The van der Waals surface area contributed by atoms with Crippen LogP contribution in [0.15, 0.2) is 28.5 Å². The van der Waals surface area contributed by atoms with Crippen LogP contribution in [-0.2, 0) is 0 Å². The first-order chi connectivity index (χ1) is 10.1. The molecule has 1 aromatic carbocycles. The number of halogens is 2. The lowest BCUT2D eigenvalue weighted by atomic mass is 10.3. The van der Waals surface area contributed by atoms with E-state index in [9.17, 15) is 0 Å². The molecule has 0 saturated carbocycles. The Morgan fingerprint density at radius 2 is 1.90 bits per heavy atom. The SMILES string of the molecule is CCOc1ccc2nc(Sc3nc(Cl)nc(Cl)n3)[nH]c2c1. The van der Waals surface area contributed by atoms with Gasteiger partial charge in [0.05, 0.1) is 17.6 Å². The lowest BCUT2D eigenvalue weighted by molar-refractivity contribution is 0.340. The van der Waals surface area contributed by atoms with Gasteiger partial charge in [-0.3, -0.25) is 0 Å². The van der Waals surface area contributed by atoms with Crippen molar-refractivity contribution in [2.45, 2.75) is 17.2 Å². The number of imidazole rings is 1. The number of H-pyrrole nitrogens is 1. The summed E-state index contributed by atoms with van der Waals surface area (Å²) >= 11 is 12.7. The van der Waals surface area contributed by atoms with Crippen LogP contribution in [0.25, 0.3) is 11.0 Å². The second-order valence-corrected chi connectivity index (χ2v) is 5.54. The van der Waals surface area contributed by atoms with Crippen molar-refractivity contribution in [3.63, 3.8) is 0 Å². The zero-order chi connectivity index (χ0) is 14.8. The molecule has 1 N–H and O–H groups in total. The molecule has 0 aliphatic carbocycles. The van der Waals surface area contributed by atoms with E-state index in [0.29, 0.717) is 16.9 Å². The second kappa shape index (κ2) is 6.05. The number of nitrogens with zero attached hydrogens (tertiary/aromatic N) is 4. The summed E-state index contributed by atoms with van der Waals surface area (Å²) in [6.45, 7) is 2.55. The number of ether oxygens (including phenoxy) is 1. The van der Waals surface area contributed by atoms with Crippen LogP contribution >= 0.6 is 35.0 Å². The minimum Gasteiger partial charge on any atom is -0.494 e. The van der Waals surface area contributed by atoms with Gasteiger partial charge in [0.25, 0.3) is 0 Å². The van der Waals surface area contributed by atoms with Crippen LogP contribution in [0.3, 0.4) is 0 Å². The van der Waals surface area contributed by atoms with Crippen molar-refractivity contribution in [1.29, 1.82) is 0 Å². The molecule has 0 radical (unpaired) electrons. The summed E-state index contributed by atoms with van der Waals surface area (Å²) in [7, 11) is 0. The Morgan fingerprint density at radius 1 is 1.14 bits per heavy atom. The van der Waals surface area contributed by atoms with Crippen molar-refractivity contribution in [2.75, 3.05) is 6.61 Å². The van der Waals surface area contributed by atoms with E-state index >= 15 is 0 Å². The number of rotatable bonds is 4. The van der Waals surface area contributed by atoms with Crippen molar-refractivity contribution in [1.82, 2.24) is 24.9 Å². The molecule has 0 amide bonds. The number of aromatic nitrogens is 5. The summed E-state index contributed by atoms with van der Waals surface area (Å²) in [5.41, 5.74) is 1.70. The van der Waals surface area contributed by atoms with Gasteiger partial charge < -0.3 is 9.72 Å². The van der Waals surface area contributed by atoms with E-state index in [4.69, 9.17) is 27.9 Å². The van der Waals surface area contributed by atoms with Gasteiger partial charge in [-0.05, 0) is 54.0 Å².